The summed E-state index contributed by atoms with van der Waals surface area (Å²) in [5, 5.41) is 16.4. The highest BCUT2D eigenvalue weighted by molar-refractivity contribution is 5.57. The van der Waals surface area contributed by atoms with E-state index in [1.54, 1.807) is 18.9 Å². The largest absolute Gasteiger partial charge is 0.497 e. The molecule has 1 N–H and O–H groups in total. The first kappa shape index (κ1) is 18.1. The zero-order valence-electron chi connectivity index (χ0n) is 16.3. The number of ether oxygens (including phenoxy) is 2. The van der Waals surface area contributed by atoms with Gasteiger partial charge in [0.15, 0.2) is 5.82 Å². The van der Waals surface area contributed by atoms with Crippen molar-refractivity contribution in [1.82, 2.24) is 20.0 Å². The molecule has 2 aromatic heterocycles. The Morgan fingerprint density at radius 3 is 2.43 bits per heavy atom. The SMILES string of the molecule is COc1cc(OC)cc(N2CCC(Nc3ccc(-n4ccc(C)n4)nn3)C2)c1. The molecule has 1 aromatic carbocycles. The molecule has 0 amide bonds. The van der Waals surface area contributed by atoms with Crippen molar-refractivity contribution in [3.63, 3.8) is 0 Å². The van der Waals surface area contributed by atoms with Gasteiger partial charge in [-0.25, -0.2) is 4.68 Å². The second-order valence-corrected chi connectivity index (χ2v) is 6.83. The van der Waals surface area contributed by atoms with Gasteiger partial charge in [-0.2, -0.15) is 5.10 Å². The van der Waals surface area contributed by atoms with Crippen LogP contribution in [-0.4, -0.2) is 53.3 Å². The number of methoxy groups -OCH3 is 2. The van der Waals surface area contributed by atoms with Crippen LogP contribution < -0.4 is 19.7 Å². The minimum atomic E-state index is 0.296. The van der Waals surface area contributed by atoms with Crippen LogP contribution in [-0.2, 0) is 0 Å². The Balaban J connectivity index is 1.41. The summed E-state index contributed by atoms with van der Waals surface area (Å²) in [6.07, 6.45) is 2.89. The van der Waals surface area contributed by atoms with Crippen molar-refractivity contribution in [2.24, 2.45) is 0 Å². The van der Waals surface area contributed by atoms with Gasteiger partial charge in [-0.05, 0) is 31.5 Å². The van der Waals surface area contributed by atoms with E-state index in [0.717, 1.165) is 48.2 Å². The number of aromatic nitrogens is 4. The smallest absolute Gasteiger partial charge is 0.175 e. The average Bonchev–Trinajstić information content (AvgIpc) is 3.37. The zero-order valence-corrected chi connectivity index (χ0v) is 16.3. The lowest BCUT2D eigenvalue weighted by molar-refractivity contribution is 0.394. The number of nitrogens with one attached hydrogen (secondary N) is 1. The summed E-state index contributed by atoms with van der Waals surface area (Å²) >= 11 is 0. The number of hydrogen-bond donors (Lipinski definition) is 1. The summed E-state index contributed by atoms with van der Waals surface area (Å²) in [6, 6.07) is 12.0. The van der Waals surface area contributed by atoms with Crippen LogP contribution in [0.1, 0.15) is 12.1 Å². The minimum Gasteiger partial charge on any atom is -0.497 e. The maximum absolute atomic E-state index is 5.38. The third kappa shape index (κ3) is 3.85. The molecule has 146 valence electrons. The molecule has 1 aliphatic heterocycles. The molecule has 1 atom stereocenters. The molecule has 0 aliphatic carbocycles. The van der Waals surface area contributed by atoms with E-state index >= 15 is 0 Å². The maximum Gasteiger partial charge on any atom is 0.175 e. The van der Waals surface area contributed by atoms with Crippen LogP contribution in [0, 0.1) is 6.92 Å². The van der Waals surface area contributed by atoms with Crippen molar-refractivity contribution in [3.8, 4) is 17.3 Å². The van der Waals surface area contributed by atoms with E-state index in [1.165, 1.54) is 0 Å². The highest BCUT2D eigenvalue weighted by atomic mass is 16.5. The first-order chi connectivity index (χ1) is 13.6. The predicted molar refractivity (Wildman–Crippen MR) is 108 cm³/mol. The molecule has 4 rings (SSSR count). The molecule has 28 heavy (non-hydrogen) atoms. The van der Waals surface area contributed by atoms with Gasteiger partial charge in [-0.3, -0.25) is 0 Å². The van der Waals surface area contributed by atoms with Gasteiger partial charge in [-0.1, -0.05) is 0 Å². The van der Waals surface area contributed by atoms with Crippen molar-refractivity contribution in [2.75, 3.05) is 37.5 Å². The van der Waals surface area contributed by atoms with Gasteiger partial charge in [0.05, 0.1) is 19.9 Å². The molecule has 1 unspecified atom stereocenters. The molecule has 3 aromatic rings. The second-order valence-electron chi connectivity index (χ2n) is 6.83. The van der Waals surface area contributed by atoms with E-state index in [9.17, 15) is 0 Å². The number of benzene rings is 1. The minimum absolute atomic E-state index is 0.296. The van der Waals surface area contributed by atoms with Gasteiger partial charge >= 0.3 is 0 Å². The van der Waals surface area contributed by atoms with Gasteiger partial charge < -0.3 is 19.7 Å². The van der Waals surface area contributed by atoms with Gasteiger partial charge in [0.1, 0.15) is 17.3 Å². The molecule has 1 saturated heterocycles. The molecule has 8 nitrogen and oxygen atoms in total. The van der Waals surface area contributed by atoms with Gasteiger partial charge in [0, 0.05) is 49.2 Å². The third-order valence-corrected chi connectivity index (χ3v) is 4.85. The summed E-state index contributed by atoms with van der Waals surface area (Å²) in [6.45, 7) is 3.77. The first-order valence-electron chi connectivity index (χ1n) is 9.25. The summed E-state index contributed by atoms with van der Waals surface area (Å²) < 4.78 is 12.5. The Morgan fingerprint density at radius 2 is 1.82 bits per heavy atom. The Labute approximate surface area is 164 Å². The standard InChI is InChI=1S/C20H24N6O2/c1-14-6-9-26(24-14)20-5-4-19(22-23-20)21-15-7-8-25(13-15)16-10-17(27-2)12-18(11-16)28-3/h4-6,9-12,15H,7-8,13H2,1-3H3,(H,21,22). The molecular formula is C20H24N6O2. The molecule has 1 fully saturated rings. The van der Waals surface area contributed by atoms with Crippen molar-refractivity contribution in [2.45, 2.75) is 19.4 Å². The normalized spacial score (nSPS) is 16.2. The topological polar surface area (TPSA) is 77.3 Å². The second kappa shape index (κ2) is 7.75. The lowest BCUT2D eigenvalue weighted by atomic mass is 10.2. The lowest BCUT2D eigenvalue weighted by Crippen LogP contribution is -2.26. The molecule has 0 spiro atoms. The molecule has 8 heteroatoms. The number of aryl methyl sites for hydroxylation is 1. The Bertz CT molecular complexity index is 918. The van der Waals surface area contributed by atoms with E-state index in [-0.39, 0.29) is 0 Å². The highest BCUT2D eigenvalue weighted by Gasteiger charge is 2.24. The molecule has 3 heterocycles. The van der Waals surface area contributed by atoms with Crippen LogP contribution >= 0.6 is 0 Å². The Kier molecular flexibility index (Phi) is 5.01. The van der Waals surface area contributed by atoms with E-state index in [1.807, 2.05) is 49.5 Å². The Morgan fingerprint density at radius 1 is 1.04 bits per heavy atom. The number of nitrogens with zero attached hydrogens (tertiary/aromatic N) is 5. The third-order valence-electron chi connectivity index (χ3n) is 4.85. The zero-order chi connectivity index (χ0) is 19.5. The molecule has 0 radical (unpaired) electrons. The average molecular weight is 380 g/mol. The maximum atomic E-state index is 5.38. The van der Waals surface area contributed by atoms with E-state index in [2.05, 4.69) is 25.5 Å². The van der Waals surface area contributed by atoms with Crippen molar-refractivity contribution >= 4 is 11.5 Å². The summed E-state index contributed by atoms with van der Waals surface area (Å²) in [5.74, 6) is 3.06. The number of anilines is 2. The molecule has 0 saturated carbocycles. The van der Waals surface area contributed by atoms with E-state index < -0.39 is 0 Å². The fraction of sp³-hybridized carbons (Fsp3) is 0.350. The lowest BCUT2D eigenvalue weighted by Gasteiger charge is -2.20. The van der Waals surface area contributed by atoms with E-state index in [4.69, 9.17) is 9.47 Å². The summed E-state index contributed by atoms with van der Waals surface area (Å²) in [4.78, 5) is 2.32. The summed E-state index contributed by atoms with van der Waals surface area (Å²) in [5.41, 5.74) is 2.04. The molecule has 0 bridgehead atoms. The fourth-order valence-electron chi connectivity index (χ4n) is 3.36. The number of rotatable bonds is 6. The summed E-state index contributed by atoms with van der Waals surface area (Å²) in [7, 11) is 3.33. The predicted octanol–water partition coefficient (Wildman–Crippen LogP) is 2.68. The van der Waals surface area contributed by atoms with Gasteiger partial charge in [0.25, 0.3) is 0 Å². The van der Waals surface area contributed by atoms with Gasteiger partial charge in [0.2, 0.25) is 0 Å². The quantitative estimate of drug-likeness (QED) is 0.704. The molecular weight excluding hydrogens is 356 g/mol. The van der Waals surface area contributed by atoms with Gasteiger partial charge in [-0.15, -0.1) is 10.2 Å². The van der Waals surface area contributed by atoms with Crippen LogP contribution in [0.4, 0.5) is 11.5 Å². The van der Waals surface area contributed by atoms with Crippen molar-refractivity contribution in [3.05, 3.63) is 48.3 Å². The monoisotopic (exact) mass is 380 g/mol. The first-order valence-corrected chi connectivity index (χ1v) is 9.25. The van der Waals surface area contributed by atoms with Crippen LogP contribution in [0.15, 0.2) is 42.6 Å². The van der Waals surface area contributed by atoms with Crippen molar-refractivity contribution in [1.29, 1.82) is 0 Å². The number of hydrogen-bond acceptors (Lipinski definition) is 7. The van der Waals surface area contributed by atoms with Crippen LogP contribution in [0.25, 0.3) is 5.82 Å². The molecule has 1 aliphatic rings. The van der Waals surface area contributed by atoms with Crippen LogP contribution in [0.3, 0.4) is 0 Å². The van der Waals surface area contributed by atoms with Crippen LogP contribution in [0.2, 0.25) is 0 Å². The van der Waals surface area contributed by atoms with Crippen molar-refractivity contribution < 1.29 is 9.47 Å². The van der Waals surface area contributed by atoms with E-state index in [0.29, 0.717) is 11.9 Å². The highest BCUT2D eigenvalue weighted by Crippen LogP contribution is 2.30. The van der Waals surface area contributed by atoms with Crippen LogP contribution in [0.5, 0.6) is 11.5 Å². The Hall–Kier alpha value is -3.29. The fourth-order valence-corrected chi connectivity index (χ4v) is 3.36.